The predicted octanol–water partition coefficient (Wildman–Crippen LogP) is 0.714. The molecule has 2 rings (SSSR count). The van der Waals surface area contributed by atoms with Crippen molar-refractivity contribution >= 4 is 23.8 Å². The summed E-state index contributed by atoms with van der Waals surface area (Å²) in [5, 5.41) is 9.14. The molecule has 0 spiro atoms. The quantitative estimate of drug-likeness (QED) is 0.422. The molecule has 2 saturated heterocycles. The first kappa shape index (κ1) is 20.2. The van der Waals surface area contributed by atoms with Crippen LogP contribution in [0.3, 0.4) is 0 Å². The number of hydroxylamine groups is 1. The molecule has 26 heavy (non-hydrogen) atoms. The lowest BCUT2D eigenvalue weighted by Crippen LogP contribution is -2.54. The number of rotatable bonds is 5. The second kappa shape index (κ2) is 7.61. The van der Waals surface area contributed by atoms with Crippen molar-refractivity contribution in [3.05, 3.63) is 0 Å². The number of nitrogens with zero attached hydrogens (tertiary/aromatic N) is 3. The van der Waals surface area contributed by atoms with Crippen LogP contribution in [0.5, 0.6) is 0 Å². The third-order valence-electron chi connectivity index (χ3n) is 5.54. The number of likely N-dealkylation sites (N-methyl/N-ethyl adjacent to an activating group) is 1. The Morgan fingerprint density at radius 2 is 1.96 bits per heavy atom. The van der Waals surface area contributed by atoms with E-state index in [4.69, 9.17) is 5.21 Å². The van der Waals surface area contributed by atoms with Gasteiger partial charge < -0.3 is 9.80 Å². The highest BCUT2D eigenvalue weighted by molar-refractivity contribution is 6.09. The van der Waals surface area contributed by atoms with Gasteiger partial charge >= 0.3 is 6.03 Å². The number of carbonyl (C=O) groups excluding carboxylic acids is 4. The van der Waals surface area contributed by atoms with Gasteiger partial charge in [0.25, 0.3) is 11.8 Å². The topological polar surface area (TPSA) is 110 Å². The number of urea groups is 1. The van der Waals surface area contributed by atoms with Crippen LogP contribution < -0.4 is 5.48 Å². The van der Waals surface area contributed by atoms with Crippen LogP contribution in [0.25, 0.3) is 0 Å². The molecule has 9 nitrogen and oxygen atoms in total. The Bertz CT molecular complexity index is 606. The van der Waals surface area contributed by atoms with E-state index in [1.165, 1.54) is 11.9 Å². The van der Waals surface area contributed by atoms with E-state index >= 15 is 0 Å². The average molecular weight is 368 g/mol. The lowest BCUT2D eigenvalue weighted by Gasteiger charge is -2.38. The van der Waals surface area contributed by atoms with E-state index in [0.717, 1.165) is 17.7 Å². The summed E-state index contributed by atoms with van der Waals surface area (Å²) < 4.78 is 0. The first-order valence-corrected chi connectivity index (χ1v) is 9.01. The van der Waals surface area contributed by atoms with Crippen molar-refractivity contribution < 1.29 is 24.4 Å². The molecule has 1 unspecified atom stereocenters. The predicted molar refractivity (Wildman–Crippen MR) is 92.1 cm³/mol. The van der Waals surface area contributed by atoms with Gasteiger partial charge in [-0.05, 0) is 39.5 Å². The first-order valence-electron chi connectivity index (χ1n) is 9.01. The monoisotopic (exact) mass is 368 g/mol. The Kier molecular flexibility index (Phi) is 5.90. The fourth-order valence-corrected chi connectivity index (χ4v) is 3.64. The minimum absolute atomic E-state index is 0.0191. The molecule has 2 atom stereocenters. The highest BCUT2D eigenvalue weighted by Gasteiger charge is 2.53. The van der Waals surface area contributed by atoms with Crippen molar-refractivity contribution in [1.29, 1.82) is 0 Å². The highest BCUT2D eigenvalue weighted by Crippen LogP contribution is 2.31. The van der Waals surface area contributed by atoms with Crippen molar-refractivity contribution in [1.82, 2.24) is 20.2 Å². The Labute approximate surface area is 153 Å². The first-order chi connectivity index (χ1) is 12.2. The second-order valence-electron chi connectivity index (χ2n) is 7.39. The van der Waals surface area contributed by atoms with Gasteiger partial charge in [0.1, 0.15) is 11.6 Å². The summed E-state index contributed by atoms with van der Waals surface area (Å²) in [7, 11) is 1.50. The molecule has 0 aromatic rings. The van der Waals surface area contributed by atoms with Crippen molar-refractivity contribution in [2.45, 2.75) is 70.5 Å². The molecular weight excluding hydrogens is 340 g/mol. The van der Waals surface area contributed by atoms with Gasteiger partial charge in [-0.15, -0.1) is 0 Å². The fraction of sp³-hybridized carbons (Fsp3) is 0.765. The molecule has 0 aromatic heterocycles. The van der Waals surface area contributed by atoms with Crippen LogP contribution in [0.15, 0.2) is 0 Å². The maximum Gasteiger partial charge on any atom is 0.328 e. The van der Waals surface area contributed by atoms with Crippen molar-refractivity contribution in [2.75, 3.05) is 13.6 Å². The van der Waals surface area contributed by atoms with Crippen LogP contribution in [0.2, 0.25) is 0 Å². The average Bonchev–Trinajstić information content (AvgIpc) is 2.79. The number of piperidine rings is 1. The van der Waals surface area contributed by atoms with Crippen molar-refractivity contribution in [3.8, 4) is 0 Å². The number of likely N-dealkylation sites (tertiary alicyclic amines) is 1. The summed E-state index contributed by atoms with van der Waals surface area (Å²) in [6.07, 6.45) is 2.94. The van der Waals surface area contributed by atoms with Crippen LogP contribution >= 0.6 is 0 Å². The molecule has 0 saturated carbocycles. The maximum absolute atomic E-state index is 12.7. The largest absolute Gasteiger partial charge is 0.340 e. The minimum atomic E-state index is -1.17. The third kappa shape index (κ3) is 3.40. The Hall–Kier alpha value is -2.16. The molecule has 2 aliphatic rings. The summed E-state index contributed by atoms with van der Waals surface area (Å²) in [4.78, 5) is 53.8. The van der Waals surface area contributed by atoms with E-state index in [0.29, 0.717) is 19.4 Å². The van der Waals surface area contributed by atoms with Gasteiger partial charge in [0.05, 0.1) is 0 Å². The number of hydrogen-bond donors (Lipinski definition) is 2. The summed E-state index contributed by atoms with van der Waals surface area (Å²) in [5.41, 5.74) is 0.493. The van der Waals surface area contributed by atoms with Gasteiger partial charge in [0.2, 0.25) is 5.91 Å². The highest BCUT2D eigenvalue weighted by atomic mass is 16.5. The molecule has 0 radical (unpaired) electrons. The zero-order valence-electron chi connectivity index (χ0n) is 15.8. The van der Waals surface area contributed by atoms with Crippen LogP contribution in [-0.4, -0.2) is 74.9 Å². The van der Waals surface area contributed by atoms with E-state index < -0.39 is 29.4 Å². The van der Waals surface area contributed by atoms with E-state index in [-0.39, 0.29) is 18.4 Å². The summed E-state index contributed by atoms with van der Waals surface area (Å²) >= 11 is 0. The smallest absolute Gasteiger partial charge is 0.328 e. The molecule has 0 aliphatic carbocycles. The SMILES string of the molecule is CCC(=O)N1CCCCC1C[C@@H](C(=O)NO)N1C(=O)N(C)C(C)(C)C1=O. The van der Waals surface area contributed by atoms with E-state index in [2.05, 4.69) is 0 Å². The summed E-state index contributed by atoms with van der Waals surface area (Å²) in [6, 6.07) is -2.01. The lowest BCUT2D eigenvalue weighted by atomic mass is 9.94. The molecule has 9 heteroatoms. The molecule has 2 N–H and O–H groups in total. The van der Waals surface area contributed by atoms with Gasteiger partial charge in [-0.2, -0.15) is 0 Å². The van der Waals surface area contributed by atoms with E-state index in [1.807, 2.05) is 0 Å². The van der Waals surface area contributed by atoms with Crippen LogP contribution in [-0.2, 0) is 14.4 Å². The molecule has 146 valence electrons. The van der Waals surface area contributed by atoms with Gasteiger partial charge in [0, 0.05) is 26.1 Å². The zero-order valence-corrected chi connectivity index (χ0v) is 15.8. The number of amides is 5. The van der Waals surface area contributed by atoms with E-state index in [9.17, 15) is 19.2 Å². The van der Waals surface area contributed by atoms with Crippen LogP contribution in [0.1, 0.15) is 52.9 Å². The molecular formula is C17H28N4O5. The lowest BCUT2D eigenvalue weighted by molar-refractivity contribution is -0.144. The molecule has 2 heterocycles. The van der Waals surface area contributed by atoms with Crippen LogP contribution in [0, 0.1) is 0 Å². The summed E-state index contributed by atoms with van der Waals surface area (Å²) in [6.45, 7) is 5.58. The van der Waals surface area contributed by atoms with E-state index in [1.54, 1.807) is 31.2 Å². The number of carbonyl (C=O) groups is 4. The number of imide groups is 1. The minimum Gasteiger partial charge on any atom is -0.340 e. The van der Waals surface area contributed by atoms with Crippen molar-refractivity contribution in [2.24, 2.45) is 0 Å². The maximum atomic E-state index is 12.7. The third-order valence-corrected chi connectivity index (χ3v) is 5.54. The van der Waals surface area contributed by atoms with Crippen molar-refractivity contribution in [3.63, 3.8) is 0 Å². The molecule has 0 aromatic carbocycles. The van der Waals surface area contributed by atoms with Gasteiger partial charge in [-0.25, -0.2) is 15.2 Å². The standard InChI is InChI=1S/C17H28N4O5/c1-5-13(22)20-9-7-6-8-11(20)10-12(14(23)18-26)21-15(24)17(2,3)19(4)16(21)25/h11-12,26H,5-10H2,1-4H3,(H,18,23)/t11?,12-/m0/s1. The zero-order chi connectivity index (χ0) is 19.6. The molecule has 2 aliphatic heterocycles. The number of nitrogens with one attached hydrogen (secondary N) is 1. The normalized spacial score (nSPS) is 24.0. The van der Waals surface area contributed by atoms with Gasteiger partial charge in [-0.3, -0.25) is 19.6 Å². The molecule has 5 amide bonds. The van der Waals surface area contributed by atoms with Gasteiger partial charge in [-0.1, -0.05) is 6.92 Å². The van der Waals surface area contributed by atoms with Crippen LogP contribution in [0.4, 0.5) is 4.79 Å². The Morgan fingerprint density at radius 3 is 2.46 bits per heavy atom. The molecule has 0 bridgehead atoms. The second-order valence-corrected chi connectivity index (χ2v) is 7.39. The Morgan fingerprint density at radius 1 is 1.31 bits per heavy atom. The Balaban J connectivity index is 2.31. The molecule has 2 fully saturated rings. The number of hydrogen-bond acceptors (Lipinski definition) is 5. The fourth-order valence-electron chi connectivity index (χ4n) is 3.64. The van der Waals surface area contributed by atoms with Gasteiger partial charge in [0.15, 0.2) is 0 Å². The summed E-state index contributed by atoms with van der Waals surface area (Å²) in [5.74, 6) is -1.34.